The minimum Gasteiger partial charge on any atom is -0.481 e. The van der Waals surface area contributed by atoms with Crippen molar-refractivity contribution in [2.45, 2.75) is 12.8 Å². The van der Waals surface area contributed by atoms with Crippen molar-refractivity contribution >= 4 is 17.4 Å². The number of aryl methyl sites for hydroxylation is 1. The van der Waals surface area contributed by atoms with Crippen LogP contribution in [0.4, 0.5) is 5.82 Å². The zero-order chi connectivity index (χ0) is 20.7. The monoisotopic (exact) mass is 401 g/mol. The number of pyridine rings is 1. The number of carbonyl (C=O) groups is 1. The lowest BCUT2D eigenvalue weighted by Gasteiger charge is -2.32. The van der Waals surface area contributed by atoms with Gasteiger partial charge in [0, 0.05) is 37.5 Å². The van der Waals surface area contributed by atoms with Crippen LogP contribution in [0, 0.1) is 5.92 Å². The highest BCUT2D eigenvalue weighted by Gasteiger charge is 2.26. The summed E-state index contributed by atoms with van der Waals surface area (Å²) in [7, 11) is 1.91. The normalized spacial score (nSPS) is 15.0. The molecule has 3 aromatic heterocycles. The van der Waals surface area contributed by atoms with Crippen LogP contribution in [0.1, 0.15) is 12.8 Å². The molecule has 1 aromatic carbocycles. The zero-order valence-corrected chi connectivity index (χ0v) is 16.8. The number of rotatable bonds is 4. The molecule has 30 heavy (non-hydrogen) atoms. The highest BCUT2D eigenvalue weighted by Crippen LogP contribution is 2.30. The molecule has 152 valence electrons. The molecule has 0 aliphatic carbocycles. The average molecular weight is 401 g/mol. The molecule has 5 rings (SSSR count). The van der Waals surface area contributed by atoms with Gasteiger partial charge < -0.3 is 10.0 Å². The summed E-state index contributed by atoms with van der Waals surface area (Å²) in [6.45, 7) is 1.46. The number of nitrogens with zero attached hydrogens (tertiary/aromatic N) is 5. The predicted molar refractivity (Wildman–Crippen MR) is 115 cm³/mol. The topological polar surface area (TPSA) is 75.7 Å². The van der Waals surface area contributed by atoms with E-state index in [0.29, 0.717) is 12.8 Å². The number of fused-ring (bicyclic) bond motifs is 1. The molecule has 1 saturated heterocycles. The molecule has 0 saturated carbocycles. The lowest BCUT2D eigenvalue weighted by molar-refractivity contribution is -0.142. The number of carboxylic acids is 1. The van der Waals surface area contributed by atoms with E-state index in [1.807, 2.05) is 37.8 Å². The molecule has 7 heteroatoms. The van der Waals surface area contributed by atoms with Gasteiger partial charge in [0.1, 0.15) is 11.5 Å². The van der Waals surface area contributed by atoms with Gasteiger partial charge in [-0.05, 0) is 30.5 Å². The number of hydrogen-bond donors (Lipinski definition) is 1. The minimum atomic E-state index is -0.690. The molecule has 1 aliphatic heterocycles. The first kappa shape index (κ1) is 18.4. The standard InChI is InChI=1S/C23H23N5O2/c1-26-15-19(13-25-26)16-5-7-17(8-6-16)20-14-24-21-3-2-4-22(28(20)21)27-11-9-18(10-12-27)23(29)30/h2-8,13-15,18H,9-12H2,1H3,(H,29,30). The van der Waals surface area contributed by atoms with Gasteiger partial charge >= 0.3 is 5.97 Å². The summed E-state index contributed by atoms with van der Waals surface area (Å²) in [5.74, 6) is 0.118. The number of piperidine rings is 1. The largest absolute Gasteiger partial charge is 0.481 e. The van der Waals surface area contributed by atoms with Gasteiger partial charge in [-0.1, -0.05) is 30.3 Å². The molecule has 1 fully saturated rings. The van der Waals surface area contributed by atoms with E-state index >= 15 is 0 Å². The van der Waals surface area contributed by atoms with Crippen molar-refractivity contribution in [1.29, 1.82) is 0 Å². The van der Waals surface area contributed by atoms with Crippen LogP contribution in [-0.4, -0.2) is 43.3 Å². The van der Waals surface area contributed by atoms with E-state index in [-0.39, 0.29) is 5.92 Å². The second-order valence-electron chi connectivity index (χ2n) is 7.80. The molecule has 4 heterocycles. The maximum Gasteiger partial charge on any atom is 0.306 e. The molecule has 0 bridgehead atoms. The van der Waals surface area contributed by atoms with Gasteiger partial charge in [-0.15, -0.1) is 0 Å². The van der Waals surface area contributed by atoms with Crippen LogP contribution in [0.15, 0.2) is 61.1 Å². The van der Waals surface area contributed by atoms with Crippen molar-refractivity contribution in [2.24, 2.45) is 13.0 Å². The van der Waals surface area contributed by atoms with E-state index in [9.17, 15) is 9.90 Å². The second-order valence-corrected chi connectivity index (χ2v) is 7.80. The fourth-order valence-electron chi connectivity index (χ4n) is 4.23. The fraction of sp³-hybridized carbons (Fsp3) is 0.261. The van der Waals surface area contributed by atoms with E-state index in [1.54, 1.807) is 4.68 Å². The number of aliphatic carboxylic acids is 1. The smallest absolute Gasteiger partial charge is 0.306 e. The van der Waals surface area contributed by atoms with Gasteiger partial charge in [-0.3, -0.25) is 13.9 Å². The maximum atomic E-state index is 11.3. The molecule has 7 nitrogen and oxygen atoms in total. The highest BCUT2D eigenvalue weighted by molar-refractivity contribution is 5.72. The summed E-state index contributed by atoms with van der Waals surface area (Å²) < 4.78 is 3.97. The lowest BCUT2D eigenvalue weighted by atomic mass is 9.97. The van der Waals surface area contributed by atoms with E-state index in [0.717, 1.165) is 46.9 Å². The lowest BCUT2D eigenvalue weighted by Crippen LogP contribution is -2.37. The van der Waals surface area contributed by atoms with Crippen LogP contribution in [0.5, 0.6) is 0 Å². The van der Waals surface area contributed by atoms with Crippen molar-refractivity contribution < 1.29 is 9.90 Å². The zero-order valence-electron chi connectivity index (χ0n) is 16.8. The van der Waals surface area contributed by atoms with Gasteiger partial charge in [-0.2, -0.15) is 5.10 Å². The number of hydrogen-bond acceptors (Lipinski definition) is 4. The van der Waals surface area contributed by atoms with Gasteiger partial charge in [0.05, 0.1) is 24.0 Å². The van der Waals surface area contributed by atoms with Crippen molar-refractivity contribution in [2.75, 3.05) is 18.0 Å². The van der Waals surface area contributed by atoms with Crippen molar-refractivity contribution in [3.63, 3.8) is 0 Å². The summed E-state index contributed by atoms with van der Waals surface area (Å²) in [4.78, 5) is 18.2. The Balaban J connectivity index is 1.49. The van der Waals surface area contributed by atoms with Crippen LogP contribution in [-0.2, 0) is 11.8 Å². The number of aromatic nitrogens is 4. The Labute approximate surface area is 174 Å². The Hall–Kier alpha value is -3.61. The van der Waals surface area contributed by atoms with Crippen molar-refractivity contribution in [1.82, 2.24) is 19.2 Å². The summed E-state index contributed by atoms with van der Waals surface area (Å²) in [6.07, 6.45) is 7.09. The van der Waals surface area contributed by atoms with Crippen LogP contribution in [0.25, 0.3) is 28.0 Å². The van der Waals surface area contributed by atoms with Gasteiger partial charge in [0.25, 0.3) is 0 Å². The first-order valence-corrected chi connectivity index (χ1v) is 10.1. The first-order valence-electron chi connectivity index (χ1n) is 10.1. The van der Waals surface area contributed by atoms with Gasteiger partial charge in [-0.25, -0.2) is 4.98 Å². The third-order valence-corrected chi connectivity index (χ3v) is 5.90. The Kier molecular flexibility index (Phi) is 4.50. The molecule has 0 atom stereocenters. The predicted octanol–water partition coefficient (Wildman–Crippen LogP) is 3.70. The molecule has 1 N–H and O–H groups in total. The number of imidazole rings is 1. The SMILES string of the molecule is Cn1cc(-c2ccc(-c3cnc4cccc(N5CCC(C(=O)O)CC5)n34)cc2)cn1. The van der Waals surface area contributed by atoms with Gasteiger partial charge in [0.15, 0.2) is 0 Å². The van der Waals surface area contributed by atoms with E-state index in [4.69, 9.17) is 0 Å². The van der Waals surface area contributed by atoms with Crippen LogP contribution < -0.4 is 4.90 Å². The quantitative estimate of drug-likeness (QED) is 0.564. The maximum absolute atomic E-state index is 11.3. The average Bonchev–Trinajstić information content (AvgIpc) is 3.40. The van der Waals surface area contributed by atoms with Crippen LogP contribution >= 0.6 is 0 Å². The molecule has 1 aliphatic rings. The Morgan fingerprint density at radius 2 is 1.73 bits per heavy atom. The molecule has 0 unspecified atom stereocenters. The molecule has 4 aromatic rings. The van der Waals surface area contributed by atoms with E-state index in [2.05, 4.69) is 49.7 Å². The van der Waals surface area contributed by atoms with Gasteiger partial charge in [0.2, 0.25) is 0 Å². The number of benzene rings is 1. The summed E-state index contributed by atoms with van der Waals surface area (Å²) in [5, 5.41) is 13.5. The van der Waals surface area contributed by atoms with Crippen molar-refractivity contribution in [3.8, 4) is 22.4 Å². The summed E-state index contributed by atoms with van der Waals surface area (Å²) in [5.41, 5.74) is 5.21. The van der Waals surface area contributed by atoms with E-state index < -0.39 is 5.97 Å². The van der Waals surface area contributed by atoms with Crippen LogP contribution in [0.2, 0.25) is 0 Å². The Bertz CT molecular complexity index is 1200. The van der Waals surface area contributed by atoms with Crippen molar-refractivity contribution in [3.05, 3.63) is 61.1 Å². The number of carboxylic acid groups (broad SMARTS) is 1. The fourth-order valence-corrected chi connectivity index (χ4v) is 4.23. The molecule has 0 radical (unpaired) electrons. The third-order valence-electron chi connectivity index (χ3n) is 5.90. The molecule has 0 spiro atoms. The molecular weight excluding hydrogens is 378 g/mol. The minimum absolute atomic E-state index is 0.247. The Morgan fingerprint density at radius 1 is 1.00 bits per heavy atom. The summed E-state index contributed by atoms with van der Waals surface area (Å²) in [6, 6.07) is 14.5. The molecule has 0 amide bonds. The molecular formula is C23H23N5O2. The number of anilines is 1. The second kappa shape index (κ2) is 7.33. The third kappa shape index (κ3) is 3.22. The Morgan fingerprint density at radius 3 is 2.40 bits per heavy atom. The highest BCUT2D eigenvalue weighted by atomic mass is 16.4. The van der Waals surface area contributed by atoms with E-state index in [1.165, 1.54) is 0 Å². The summed E-state index contributed by atoms with van der Waals surface area (Å²) >= 11 is 0. The first-order chi connectivity index (χ1) is 14.6. The van der Waals surface area contributed by atoms with Crippen LogP contribution in [0.3, 0.4) is 0 Å².